The van der Waals surface area contributed by atoms with Crippen molar-refractivity contribution in [1.82, 2.24) is 34.5 Å². The summed E-state index contributed by atoms with van der Waals surface area (Å²) in [5.74, 6) is -0.0962. The molecule has 5 heterocycles. The Bertz CT molecular complexity index is 1370. The molecule has 0 spiro atoms. The number of aromatic nitrogens is 7. The van der Waals surface area contributed by atoms with E-state index in [-0.39, 0.29) is 24.8 Å². The van der Waals surface area contributed by atoms with Gasteiger partial charge in [0.2, 0.25) is 11.7 Å². The van der Waals surface area contributed by atoms with Crippen LogP contribution in [0.4, 0.5) is 24.7 Å². The largest absolute Gasteiger partial charge is 0.451 e. The lowest BCUT2D eigenvalue weighted by atomic mass is 10.2. The summed E-state index contributed by atoms with van der Waals surface area (Å²) in [7, 11) is 0. The van der Waals surface area contributed by atoms with E-state index in [1.54, 1.807) is 17.5 Å². The van der Waals surface area contributed by atoms with Gasteiger partial charge in [0.1, 0.15) is 10.6 Å². The Kier molecular flexibility index (Phi) is 5.46. The zero-order chi connectivity index (χ0) is 24.0. The van der Waals surface area contributed by atoms with Gasteiger partial charge in [-0.1, -0.05) is 13.3 Å². The average molecular weight is 492 g/mol. The highest BCUT2D eigenvalue weighted by molar-refractivity contribution is 7.18. The minimum atomic E-state index is -4.56. The van der Waals surface area contributed by atoms with Crippen molar-refractivity contribution in [2.24, 2.45) is 0 Å². The number of alkyl halides is 3. The summed E-state index contributed by atoms with van der Waals surface area (Å²) in [5.41, 5.74) is 0.501. The number of thiophene rings is 1. The summed E-state index contributed by atoms with van der Waals surface area (Å²) < 4.78 is 42.3. The predicted molar refractivity (Wildman–Crippen MR) is 119 cm³/mol. The van der Waals surface area contributed by atoms with E-state index in [0.717, 1.165) is 32.5 Å². The fourth-order valence-electron chi connectivity index (χ4n) is 3.91. The van der Waals surface area contributed by atoms with Gasteiger partial charge in [0.25, 0.3) is 5.95 Å². The smallest absolute Gasteiger partial charge is 0.347 e. The Labute approximate surface area is 195 Å². The molecule has 0 aromatic carbocycles. The highest BCUT2D eigenvalue weighted by Gasteiger charge is 2.39. The number of nitrogens with one attached hydrogen (secondary N) is 1. The van der Waals surface area contributed by atoms with Gasteiger partial charge in [-0.2, -0.15) is 28.2 Å². The van der Waals surface area contributed by atoms with Crippen LogP contribution in [0.3, 0.4) is 0 Å². The van der Waals surface area contributed by atoms with Gasteiger partial charge in [-0.3, -0.25) is 4.79 Å². The average Bonchev–Trinajstić information content (AvgIpc) is 3.49. The second-order valence-corrected chi connectivity index (χ2v) is 9.01. The fourth-order valence-corrected chi connectivity index (χ4v) is 5.03. The standard InChI is InChI=1S/C20H20F3N9OS/c1-3-4-13-7-14-16(30-5-6-31-15(10-30)28-29-18(31)20(21,22)23)26-19(27-17(14)34-13)32-9-12(8-24-32)25-11(2)33/h7-9H,3-6,10H2,1-2H3,(H,25,33). The van der Waals surface area contributed by atoms with E-state index in [1.807, 2.05) is 11.0 Å². The van der Waals surface area contributed by atoms with Crippen LogP contribution in [0.15, 0.2) is 18.5 Å². The first-order valence-corrected chi connectivity index (χ1v) is 11.4. The lowest BCUT2D eigenvalue weighted by Crippen LogP contribution is -2.36. The monoisotopic (exact) mass is 491 g/mol. The van der Waals surface area contributed by atoms with E-state index in [9.17, 15) is 18.0 Å². The van der Waals surface area contributed by atoms with Crippen LogP contribution in [-0.4, -0.2) is 47.0 Å². The molecule has 4 aromatic heterocycles. The fraction of sp³-hybridized carbons (Fsp3) is 0.400. The van der Waals surface area contributed by atoms with Crippen LogP contribution in [-0.2, 0) is 30.5 Å². The molecule has 0 radical (unpaired) electrons. The number of rotatable bonds is 5. The summed E-state index contributed by atoms with van der Waals surface area (Å²) in [4.78, 5) is 24.5. The molecule has 5 rings (SSSR count). The van der Waals surface area contributed by atoms with E-state index >= 15 is 0 Å². The van der Waals surface area contributed by atoms with Crippen LogP contribution in [0.2, 0.25) is 0 Å². The molecule has 0 saturated carbocycles. The van der Waals surface area contributed by atoms with E-state index in [0.29, 0.717) is 24.0 Å². The molecule has 0 fully saturated rings. The van der Waals surface area contributed by atoms with Gasteiger partial charge < -0.3 is 14.8 Å². The minimum Gasteiger partial charge on any atom is -0.347 e. The first kappa shape index (κ1) is 22.3. The number of fused-ring (bicyclic) bond motifs is 2. The van der Waals surface area contributed by atoms with E-state index in [2.05, 4.69) is 32.5 Å². The molecular formula is C20H20F3N9OS. The maximum absolute atomic E-state index is 13.2. The van der Waals surface area contributed by atoms with Crippen molar-refractivity contribution in [3.8, 4) is 5.95 Å². The first-order valence-electron chi connectivity index (χ1n) is 10.6. The molecule has 14 heteroatoms. The van der Waals surface area contributed by atoms with Gasteiger partial charge >= 0.3 is 6.18 Å². The third-order valence-corrected chi connectivity index (χ3v) is 6.41. The van der Waals surface area contributed by atoms with E-state index in [4.69, 9.17) is 4.98 Å². The molecule has 1 N–H and O–H groups in total. The van der Waals surface area contributed by atoms with Gasteiger partial charge in [0, 0.05) is 24.9 Å². The predicted octanol–water partition coefficient (Wildman–Crippen LogP) is 3.42. The second kappa shape index (κ2) is 8.34. The zero-order valence-electron chi connectivity index (χ0n) is 18.3. The molecule has 1 aliphatic heterocycles. The van der Waals surface area contributed by atoms with Crippen molar-refractivity contribution >= 4 is 39.0 Å². The van der Waals surface area contributed by atoms with Crippen LogP contribution in [0.1, 0.15) is 36.8 Å². The Morgan fingerprint density at radius 2 is 2.06 bits per heavy atom. The quantitative estimate of drug-likeness (QED) is 0.456. The Balaban J connectivity index is 1.56. The summed E-state index contributed by atoms with van der Waals surface area (Å²) in [5, 5.41) is 14.9. The van der Waals surface area contributed by atoms with Gasteiger partial charge in [0.15, 0.2) is 5.82 Å². The lowest BCUT2D eigenvalue weighted by Gasteiger charge is -2.29. The molecule has 0 atom stereocenters. The lowest BCUT2D eigenvalue weighted by molar-refractivity contribution is -0.147. The van der Waals surface area contributed by atoms with Crippen LogP contribution >= 0.6 is 11.3 Å². The zero-order valence-corrected chi connectivity index (χ0v) is 19.1. The van der Waals surface area contributed by atoms with Crippen molar-refractivity contribution in [2.75, 3.05) is 16.8 Å². The van der Waals surface area contributed by atoms with Crippen LogP contribution in [0, 0.1) is 0 Å². The number of nitrogens with zero attached hydrogens (tertiary/aromatic N) is 8. The highest BCUT2D eigenvalue weighted by atomic mass is 32.1. The minimum absolute atomic E-state index is 0.0818. The number of carbonyl (C=O) groups is 1. The molecule has 0 saturated heterocycles. The Morgan fingerprint density at radius 3 is 2.79 bits per heavy atom. The number of hydrogen-bond acceptors (Lipinski definition) is 8. The second-order valence-electron chi connectivity index (χ2n) is 7.89. The summed E-state index contributed by atoms with van der Waals surface area (Å²) in [6.07, 6.45) is 0.391. The molecular weight excluding hydrogens is 471 g/mol. The van der Waals surface area contributed by atoms with Crippen molar-refractivity contribution in [3.05, 3.63) is 35.0 Å². The van der Waals surface area contributed by atoms with Gasteiger partial charge in [-0.05, 0) is 12.5 Å². The number of halogens is 3. The molecule has 10 nitrogen and oxygen atoms in total. The summed E-state index contributed by atoms with van der Waals surface area (Å²) >= 11 is 1.55. The van der Waals surface area contributed by atoms with E-state index in [1.165, 1.54) is 17.8 Å². The third kappa shape index (κ3) is 4.08. The highest BCUT2D eigenvalue weighted by Crippen LogP contribution is 2.35. The van der Waals surface area contributed by atoms with Gasteiger partial charge in [-0.15, -0.1) is 21.5 Å². The molecule has 178 valence electrons. The van der Waals surface area contributed by atoms with Crippen molar-refractivity contribution < 1.29 is 18.0 Å². The molecule has 0 unspecified atom stereocenters. The first-order chi connectivity index (χ1) is 16.2. The Hall–Kier alpha value is -3.55. The van der Waals surface area contributed by atoms with Crippen molar-refractivity contribution in [1.29, 1.82) is 0 Å². The SMILES string of the molecule is CCCc1cc2c(N3CCn4c(nnc4C(F)(F)F)C3)nc(-n3cc(NC(C)=O)cn3)nc2s1. The van der Waals surface area contributed by atoms with Crippen molar-refractivity contribution in [2.45, 2.75) is 46.0 Å². The third-order valence-electron chi connectivity index (χ3n) is 5.32. The van der Waals surface area contributed by atoms with Crippen molar-refractivity contribution in [3.63, 3.8) is 0 Å². The number of amides is 1. The molecule has 34 heavy (non-hydrogen) atoms. The molecule has 1 aliphatic rings. The normalized spacial score (nSPS) is 14.0. The molecule has 0 aliphatic carbocycles. The Morgan fingerprint density at radius 1 is 1.24 bits per heavy atom. The van der Waals surface area contributed by atoms with Gasteiger partial charge in [-0.25, -0.2) is 4.68 Å². The maximum atomic E-state index is 13.2. The number of hydrogen-bond donors (Lipinski definition) is 1. The maximum Gasteiger partial charge on any atom is 0.451 e. The van der Waals surface area contributed by atoms with E-state index < -0.39 is 12.0 Å². The number of carbonyl (C=O) groups excluding carboxylic acids is 1. The molecule has 0 bridgehead atoms. The van der Waals surface area contributed by atoms with Crippen LogP contribution < -0.4 is 10.2 Å². The van der Waals surface area contributed by atoms with Crippen LogP contribution in [0.5, 0.6) is 0 Å². The number of aryl methyl sites for hydroxylation is 1. The molecule has 4 aromatic rings. The topological polar surface area (TPSA) is 107 Å². The van der Waals surface area contributed by atoms with Gasteiger partial charge in [0.05, 0.1) is 30.0 Å². The number of anilines is 2. The summed E-state index contributed by atoms with van der Waals surface area (Å²) in [6, 6.07) is 2.04. The van der Waals surface area contributed by atoms with Crippen LogP contribution in [0.25, 0.3) is 16.2 Å². The molecule has 1 amide bonds. The summed E-state index contributed by atoms with van der Waals surface area (Å²) in [6.45, 7) is 4.00.